The van der Waals surface area contributed by atoms with E-state index >= 15 is 0 Å². The Bertz CT molecular complexity index is 415. The normalized spacial score (nSPS) is 10.8. The van der Waals surface area contributed by atoms with E-state index in [0.29, 0.717) is 0 Å². The molecule has 0 radical (unpaired) electrons. The number of halogens is 6. The van der Waals surface area contributed by atoms with Crippen LogP contribution in [0, 0.1) is 34.9 Å². The van der Waals surface area contributed by atoms with Gasteiger partial charge in [-0.2, -0.15) is 8.42 Å². The zero-order valence-corrected chi connectivity index (χ0v) is 8.20. The summed E-state index contributed by atoms with van der Waals surface area (Å²) in [5.74, 6) is -14.2. The largest absolute Gasteiger partial charge is 0.394 e. The van der Waals surface area contributed by atoms with Gasteiger partial charge in [-0.1, -0.05) is 0 Å². The van der Waals surface area contributed by atoms with Gasteiger partial charge in [0, 0.05) is 0 Å². The molecule has 17 heavy (non-hydrogen) atoms. The molecule has 0 saturated heterocycles. The van der Waals surface area contributed by atoms with Crippen LogP contribution in [-0.4, -0.2) is 17.5 Å². The molecule has 0 aromatic heterocycles. The Morgan fingerprint density at radius 2 is 0.647 bits per heavy atom. The number of hydrogen-bond donors (Lipinski definition) is 2. The SMILES string of the molecule is Fc1c(F)c(F)c(F)c(F)c1F.O=S(=O)(O)O. The predicted octanol–water partition coefficient (Wildman–Crippen LogP) is 1.87. The lowest BCUT2D eigenvalue weighted by Gasteiger charge is -1.99. The minimum Gasteiger partial charge on any atom is -0.264 e. The van der Waals surface area contributed by atoms with Crippen LogP contribution in [0.2, 0.25) is 0 Å². The topological polar surface area (TPSA) is 74.6 Å². The van der Waals surface area contributed by atoms with Gasteiger partial charge in [0.1, 0.15) is 0 Å². The van der Waals surface area contributed by atoms with E-state index in [4.69, 9.17) is 17.5 Å². The second-order valence-electron chi connectivity index (χ2n) is 2.33. The van der Waals surface area contributed by atoms with E-state index in [-0.39, 0.29) is 0 Å². The van der Waals surface area contributed by atoms with E-state index in [9.17, 15) is 26.3 Å². The van der Waals surface area contributed by atoms with Crippen molar-refractivity contribution < 1.29 is 43.9 Å². The van der Waals surface area contributed by atoms with Gasteiger partial charge in [0.15, 0.2) is 0 Å². The van der Waals surface area contributed by atoms with Gasteiger partial charge in [-0.05, 0) is 0 Å². The summed E-state index contributed by atoms with van der Waals surface area (Å²) in [5, 5.41) is 0. The molecule has 1 aromatic carbocycles. The maximum absolute atomic E-state index is 12.0. The Morgan fingerprint density at radius 3 is 0.706 bits per heavy atom. The van der Waals surface area contributed by atoms with Gasteiger partial charge < -0.3 is 0 Å². The van der Waals surface area contributed by atoms with Crippen LogP contribution in [0.5, 0.6) is 0 Å². The summed E-state index contributed by atoms with van der Waals surface area (Å²) in [6.45, 7) is 0. The lowest BCUT2D eigenvalue weighted by atomic mass is 10.3. The Hall–Kier alpha value is -1.33. The first kappa shape index (κ1) is 15.7. The first-order valence-electron chi connectivity index (χ1n) is 3.33. The summed E-state index contributed by atoms with van der Waals surface area (Å²) in [7, 11) is -4.67. The highest BCUT2D eigenvalue weighted by Gasteiger charge is 2.25. The zero-order valence-electron chi connectivity index (χ0n) is 7.39. The van der Waals surface area contributed by atoms with Crippen LogP contribution < -0.4 is 0 Å². The van der Waals surface area contributed by atoms with Crippen molar-refractivity contribution in [1.82, 2.24) is 0 Å². The van der Waals surface area contributed by atoms with Gasteiger partial charge in [-0.15, -0.1) is 0 Å². The molecule has 0 heterocycles. The fourth-order valence-corrected chi connectivity index (χ4v) is 0.578. The molecule has 0 atom stereocenters. The van der Waals surface area contributed by atoms with Crippen molar-refractivity contribution in [2.45, 2.75) is 0 Å². The maximum atomic E-state index is 12.0. The van der Waals surface area contributed by atoms with Crippen LogP contribution in [0.25, 0.3) is 0 Å². The van der Waals surface area contributed by atoms with Crippen molar-refractivity contribution in [2.24, 2.45) is 0 Å². The van der Waals surface area contributed by atoms with Gasteiger partial charge in [-0.3, -0.25) is 9.11 Å². The monoisotopic (exact) mass is 284 g/mol. The Morgan fingerprint density at radius 1 is 0.588 bits per heavy atom. The zero-order chi connectivity index (χ0) is 14.0. The molecule has 0 spiro atoms. The maximum Gasteiger partial charge on any atom is 0.394 e. The molecule has 2 N–H and O–H groups in total. The minimum atomic E-state index is -4.67. The standard InChI is InChI=1S/C6F6.H2O4S/c7-1-2(8)4(10)6(12)5(11)3(1)9;1-5(2,3)4/h;(H2,1,2,3,4). The molecule has 1 rings (SSSR count). The van der Waals surface area contributed by atoms with Crippen LogP contribution in [0.4, 0.5) is 26.3 Å². The number of benzene rings is 1. The van der Waals surface area contributed by atoms with Crippen molar-refractivity contribution in [2.75, 3.05) is 0 Å². The third-order valence-corrected chi connectivity index (χ3v) is 1.16. The highest BCUT2D eigenvalue weighted by Crippen LogP contribution is 2.20. The third-order valence-electron chi connectivity index (χ3n) is 1.16. The second kappa shape index (κ2) is 5.33. The molecule has 0 unspecified atom stereocenters. The summed E-state index contributed by atoms with van der Waals surface area (Å²) in [4.78, 5) is 0. The van der Waals surface area contributed by atoms with E-state index in [1.54, 1.807) is 0 Å². The highest BCUT2D eigenvalue weighted by atomic mass is 32.3. The minimum absolute atomic E-state index is 2.37. The van der Waals surface area contributed by atoms with Gasteiger partial charge in [0.05, 0.1) is 0 Å². The fourth-order valence-electron chi connectivity index (χ4n) is 0.578. The molecule has 0 aliphatic rings. The molecular weight excluding hydrogens is 282 g/mol. The second-order valence-corrected chi connectivity index (χ2v) is 3.23. The van der Waals surface area contributed by atoms with Crippen molar-refractivity contribution in [3.8, 4) is 0 Å². The summed E-state index contributed by atoms with van der Waals surface area (Å²) < 4.78 is 104. The lowest BCUT2D eigenvalue weighted by Crippen LogP contribution is -2.04. The molecule has 0 aliphatic carbocycles. The third kappa shape index (κ3) is 4.58. The van der Waals surface area contributed by atoms with Crippen molar-refractivity contribution in [1.29, 1.82) is 0 Å². The number of rotatable bonds is 0. The summed E-state index contributed by atoms with van der Waals surface area (Å²) in [6, 6.07) is 0. The van der Waals surface area contributed by atoms with Gasteiger partial charge in [0.2, 0.25) is 34.9 Å². The molecule has 11 heteroatoms. The van der Waals surface area contributed by atoms with Crippen molar-refractivity contribution in [3.63, 3.8) is 0 Å². The Kier molecular flexibility index (Phi) is 4.92. The summed E-state index contributed by atoms with van der Waals surface area (Å²) in [5.41, 5.74) is 0. The molecule has 98 valence electrons. The first-order valence-corrected chi connectivity index (χ1v) is 4.73. The predicted molar refractivity (Wildman–Crippen MR) is 40.4 cm³/mol. The first-order chi connectivity index (χ1) is 7.46. The smallest absolute Gasteiger partial charge is 0.264 e. The molecule has 4 nitrogen and oxygen atoms in total. The van der Waals surface area contributed by atoms with Gasteiger partial charge >= 0.3 is 10.4 Å². The summed E-state index contributed by atoms with van der Waals surface area (Å²) in [6.07, 6.45) is 0. The Balaban J connectivity index is 0.000000437. The molecule has 0 bridgehead atoms. The van der Waals surface area contributed by atoms with Crippen LogP contribution in [0.15, 0.2) is 0 Å². The van der Waals surface area contributed by atoms with E-state index in [1.807, 2.05) is 0 Å². The van der Waals surface area contributed by atoms with Crippen LogP contribution in [0.1, 0.15) is 0 Å². The molecule has 0 amide bonds. The van der Waals surface area contributed by atoms with Gasteiger partial charge in [-0.25, -0.2) is 26.3 Å². The molecule has 0 saturated carbocycles. The summed E-state index contributed by atoms with van der Waals surface area (Å²) >= 11 is 0. The van der Waals surface area contributed by atoms with Crippen molar-refractivity contribution >= 4 is 10.4 Å². The van der Waals surface area contributed by atoms with E-state index < -0.39 is 45.3 Å². The van der Waals surface area contributed by atoms with Gasteiger partial charge in [0.25, 0.3) is 0 Å². The quantitative estimate of drug-likeness (QED) is 0.330. The molecular formula is C6H2F6O4S. The molecule has 1 aromatic rings. The lowest BCUT2D eigenvalue weighted by molar-refractivity contribution is 0.334. The number of hydrogen-bond acceptors (Lipinski definition) is 2. The molecule has 0 fully saturated rings. The van der Waals surface area contributed by atoms with Crippen LogP contribution in [0.3, 0.4) is 0 Å². The Labute approximate surface area is 90.1 Å². The average Bonchev–Trinajstić information content (AvgIpc) is 2.18. The van der Waals surface area contributed by atoms with Crippen LogP contribution in [-0.2, 0) is 10.4 Å². The van der Waals surface area contributed by atoms with Crippen LogP contribution >= 0.6 is 0 Å². The fraction of sp³-hybridized carbons (Fsp3) is 0. The average molecular weight is 284 g/mol. The van der Waals surface area contributed by atoms with Crippen molar-refractivity contribution in [3.05, 3.63) is 34.9 Å². The molecule has 0 aliphatic heterocycles. The van der Waals surface area contributed by atoms with E-state index in [1.165, 1.54) is 0 Å². The van der Waals surface area contributed by atoms with E-state index in [0.717, 1.165) is 0 Å². The van der Waals surface area contributed by atoms with E-state index in [2.05, 4.69) is 0 Å². The highest BCUT2D eigenvalue weighted by molar-refractivity contribution is 7.79.